The third-order valence-corrected chi connectivity index (χ3v) is 7.87. The maximum Gasteiger partial charge on any atom is 0.326 e. The normalized spacial score (nSPS) is 16.8. The molecule has 3 aromatic rings. The number of carbonyl (C=O) groups excluding carboxylic acids is 1. The summed E-state index contributed by atoms with van der Waals surface area (Å²) < 4.78 is 1.11. The van der Waals surface area contributed by atoms with Crippen molar-refractivity contribution in [1.29, 1.82) is 0 Å². The smallest absolute Gasteiger partial charge is 0.326 e. The Balaban J connectivity index is 1.36. The Morgan fingerprint density at radius 1 is 1.00 bits per heavy atom. The summed E-state index contributed by atoms with van der Waals surface area (Å²) in [5, 5.41) is 26.7. The number of rotatable bonds is 14. The van der Waals surface area contributed by atoms with Gasteiger partial charge in [-0.1, -0.05) is 53.8 Å². The van der Waals surface area contributed by atoms with E-state index in [-0.39, 0.29) is 5.91 Å². The summed E-state index contributed by atoms with van der Waals surface area (Å²) in [7, 11) is 0. The van der Waals surface area contributed by atoms with Crippen molar-refractivity contribution >= 4 is 44.5 Å². The van der Waals surface area contributed by atoms with Crippen LogP contribution in [0.3, 0.4) is 0 Å². The molecule has 1 aliphatic rings. The minimum Gasteiger partial charge on any atom is -0.480 e. The zero-order valence-corrected chi connectivity index (χ0v) is 22.0. The number of anilines is 1. The van der Waals surface area contributed by atoms with E-state index in [1.807, 2.05) is 54.6 Å². The van der Waals surface area contributed by atoms with Crippen molar-refractivity contribution in [1.82, 2.24) is 15.2 Å². The monoisotopic (exact) mass is 538 g/mol. The number of benzene rings is 2. The number of amides is 1. The summed E-state index contributed by atoms with van der Waals surface area (Å²) in [6.07, 6.45) is 3.75. The fraction of sp³-hybridized carbons (Fsp3) is 0.429. The lowest BCUT2D eigenvalue weighted by Gasteiger charge is -2.29. The summed E-state index contributed by atoms with van der Waals surface area (Å²) >= 11 is 1.59. The molecule has 2 aromatic carbocycles. The Morgan fingerprint density at radius 2 is 1.76 bits per heavy atom. The number of fused-ring (bicyclic) bond motifs is 1. The van der Waals surface area contributed by atoms with E-state index in [9.17, 15) is 24.6 Å². The van der Waals surface area contributed by atoms with Crippen molar-refractivity contribution in [2.45, 2.75) is 63.1 Å². The van der Waals surface area contributed by atoms with E-state index < -0.39 is 30.1 Å². The number of para-hydroxylation sites is 1. The van der Waals surface area contributed by atoms with Crippen LogP contribution in [0.2, 0.25) is 0 Å². The van der Waals surface area contributed by atoms with Crippen molar-refractivity contribution < 1.29 is 24.6 Å². The first kappa shape index (κ1) is 27.5. The molecule has 1 aliphatic heterocycles. The molecule has 4 N–H and O–H groups in total. The number of carbonyl (C=O) groups is 3. The number of aliphatic carboxylic acids is 2. The highest BCUT2D eigenvalue weighted by Crippen LogP contribution is 2.25. The van der Waals surface area contributed by atoms with Gasteiger partial charge in [0.05, 0.1) is 16.3 Å². The van der Waals surface area contributed by atoms with E-state index in [1.54, 1.807) is 11.3 Å². The van der Waals surface area contributed by atoms with Gasteiger partial charge in [0, 0.05) is 13.1 Å². The van der Waals surface area contributed by atoms with Crippen molar-refractivity contribution in [2.24, 2.45) is 0 Å². The highest BCUT2D eigenvalue weighted by Gasteiger charge is 2.38. The minimum atomic E-state index is -1.02. The van der Waals surface area contributed by atoms with Gasteiger partial charge in [-0.15, -0.1) is 0 Å². The number of carboxylic acids is 2. The van der Waals surface area contributed by atoms with Crippen LogP contribution < -0.4 is 10.6 Å². The van der Waals surface area contributed by atoms with Gasteiger partial charge >= 0.3 is 11.9 Å². The lowest BCUT2D eigenvalue weighted by atomic mass is 10.0. The minimum absolute atomic E-state index is 0.324. The average molecular weight is 539 g/mol. The Bertz CT molecular complexity index is 1200. The molecule has 0 unspecified atom stereocenters. The number of thiazole rings is 1. The first-order valence-corrected chi connectivity index (χ1v) is 13.9. The molecular weight excluding hydrogens is 504 g/mol. The first-order chi connectivity index (χ1) is 18.4. The van der Waals surface area contributed by atoms with Crippen molar-refractivity contribution in [3.05, 3.63) is 60.2 Å². The van der Waals surface area contributed by atoms with E-state index in [2.05, 4.69) is 15.6 Å². The third-order valence-electron chi connectivity index (χ3n) is 6.87. The highest BCUT2D eigenvalue weighted by atomic mass is 32.1. The molecule has 0 aliphatic carbocycles. The second-order valence-electron chi connectivity index (χ2n) is 9.57. The fourth-order valence-electron chi connectivity index (χ4n) is 4.86. The molecule has 1 amide bonds. The van der Waals surface area contributed by atoms with Gasteiger partial charge in [-0.05, 0) is 62.6 Å². The fourth-order valence-corrected chi connectivity index (χ4v) is 5.75. The summed E-state index contributed by atoms with van der Waals surface area (Å²) in [5.41, 5.74) is 1.97. The van der Waals surface area contributed by atoms with Crippen LogP contribution in [0, 0.1) is 0 Å². The second-order valence-corrected chi connectivity index (χ2v) is 10.6. The molecule has 0 spiro atoms. The van der Waals surface area contributed by atoms with E-state index in [4.69, 9.17) is 0 Å². The average Bonchev–Trinajstić information content (AvgIpc) is 3.57. The number of aromatic nitrogens is 1. The van der Waals surface area contributed by atoms with Crippen LogP contribution >= 0.6 is 11.3 Å². The van der Waals surface area contributed by atoms with Gasteiger partial charge in [-0.3, -0.25) is 14.9 Å². The largest absolute Gasteiger partial charge is 0.480 e. The summed E-state index contributed by atoms with van der Waals surface area (Å²) in [6, 6.07) is 15.0. The van der Waals surface area contributed by atoms with Crippen molar-refractivity contribution in [2.75, 3.05) is 18.4 Å². The number of nitrogens with zero attached hydrogens (tertiary/aromatic N) is 2. The van der Waals surface area contributed by atoms with Crippen LogP contribution in [0.1, 0.15) is 44.1 Å². The topological polar surface area (TPSA) is 132 Å². The number of carboxylic acid groups (broad SMARTS) is 2. The standard InChI is InChI=1S/C28H34N4O5S/c33-25(32-18-8-13-23(32)27(36)37)21(30-22(26(34)35)16-15-19-9-2-1-3-10-19)12-6-7-17-29-28-31-20-11-4-5-14-24(20)38-28/h1-5,9-11,14,21-23,30H,6-8,12-13,15-18H2,(H,29,31)(H,34,35)(H,36,37)/t21-,22-,23-/m0/s1. The number of unbranched alkanes of at least 4 members (excludes halogenated alkanes) is 1. The number of hydrogen-bond donors (Lipinski definition) is 4. The summed E-state index contributed by atoms with van der Waals surface area (Å²) in [5.74, 6) is -2.37. The Labute approximate surface area is 225 Å². The van der Waals surface area contributed by atoms with Gasteiger partial charge in [0.1, 0.15) is 12.1 Å². The number of aryl methyl sites for hydroxylation is 1. The number of nitrogens with one attached hydrogen (secondary N) is 2. The predicted molar refractivity (Wildman–Crippen MR) is 147 cm³/mol. The molecule has 10 heteroatoms. The van der Waals surface area contributed by atoms with E-state index in [0.717, 1.165) is 27.3 Å². The molecule has 0 saturated carbocycles. The van der Waals surface area contributed by atoms with Crippen LogP contribution in [-0.4, -0.2) is 69.2 Å². The van der Waals surface area contributed by atoms with Crippen LogP contribution in [0.25, 0.3) is 10.2 Å². The van der Waals surface area contributed by atoms with Crippen LogP contribution in [-0.2, 0) is 20.8 Å². The van der Waals surface area contributed by atoms with E-state index in [0.29, 0.717) is 51.6 Å². The Hall–Kier alpha value is -3.50. The maximum atomic E-state index is 13.5. The third kappa shape index (κ3) is 7.29. The van der Waals surface area contributed by atoms with Gasteiger partial charge < -0.3 is 20.4 Å². The van der Waals surface area contributed by atoms with Crippen LogP contribution in [0.4, 0.5) is 5.13 Å². The molecular formula is C28H34N4O5S. The lowest BCUT2D eigenvalue weighted by molar-refractivity contribution is -0.149. The number of likely N-dealkylation sites (tertiary alicyclic amines) is 1. The van der Waals surface area contributed by atoms with Gasteiger partial charge in [-0.25, -0.2) is 9.78 Å². The van der Waals surface area contributed by atoms with Gasteiger partial charge in [0.15, 0.2) is 5.13 Å². The van der Waals surface area contributed by atoms with Crippen LogP contribution in [0.15, 0.2) is 54.6 Å². The van der Waals surface area contributed by atoms with Gasteiger partial charge in [-0.2, -0.15) is 0 Å². The Morgan fingerprint density at radius 3 is 2.50 bits per heavy atom. The molecule has 3 atom stereocenters. The molecule has 0 bridgehead atoms. The van der Waals surface area contributed by atoms with Crippen molar-refractivity contribution in [3.63, 3.8) is 0 Å². The zero-order chi connectivity index (χ0) is 26.9. The van der Waals surface area contributed by atoms with Crippen molar-refractivity contribution in [3.8, 4) is 0 Å². The van der Waals surface area contributed by atoms with Gasteiger partial charge in [0.2, 0.25) is 5.91 Å². The van der Waals surface area contributed by atoms with E-state index in [1.165, 1.54) is 4.90 Å². The zero-order valence-electron chi connectivity index (χ0n) is 21.2. The van der Waals surface area contributed by atoms with E-state index >= 15 is 0 Å². The summed E-state index contributed by atoms with van der Waals surface area (Å²) in [6.45, 7) is 1.04. The predicted octanol–water partition coefficient (Wildman–Crippen LogP) is 4.00. The SMILES string of the molecule is O=C(O)[C@H](CCc1ccccc1)N[C@@H](CCCCNc1nc2ccccc2s1)C(=O)N1CCC[C@H]1C(=O)O. The quantitative estimate of drug-likeness (QED) is 0.227. The highest BCUT2D eigenvalue weighted by molar-refractivity contribution is 7.22. The van der Waals surface area contributed by atoms with Gasteiger partial charge in [0.25, 0.3) is 0 Å². The molecule has 9 nitrogen and oxygen atoms in total. The molecule has 1 saturated heterocycles. The molecule has 0 radical (unpaired) electrons. The maximum absolute atomic E-state index is 13.5. The molecule has 202 valence electrons. The first-order valence-electron chi connectivity index (χ1n) is 13.1. The Kier molecular flexibility index (Phi) is 9.67. The van der Waals surface area contributed by atoms with Crippen LogP contribution in [0.5, 0.6) is 0 Å². The lowest BCUT2D eigenvalue weighted by Crippen LogP contribution is -2.54. The molecule has 1 fully saturated rings. The molecule has 38 heavy (non-hydrogen) atoms. The molecule has 2 heterocycles. The summed E-state index contributed by atoms with van der Waals surface area (Å²) in [4.78, 5) is 43.2. The molecule has 4 rings (SSSR count). The molecule has 1 aromatic heterocycles. The second kappa shape index (κ2) is 13.3. The number of hydrogen-bond acceptors (Lipinski definition) is 7.